The first-order valence-corrected chi connectivity index (χ1v) is 17.3. The molecule has 0 saturated carbocycles. The van der Waals surface area contributed by atoms with E-state index in [1.807, 2.05) is 111 Å². The predicted octanol–water partition coefficient (Wildman–Crippen LogP) is 7.62. The molecular weight excluding hydrogens is 624 g/mol. The molecule has 0 aliphatic carbocycles. The fourth-order valence-electron chi connectivity index (χ4n) is 6.55. The number of rotatable bonds is 12. The van der Waals surface area contributed by atoms with Gasteiger partial charge < -0.3 is 25.0 Å². The van der Waals surface area contributed by atoms with Crippen molar-refractivity contribution in [2.24, 2.45) is 5.92 Å². The first kappa shape index (κ1) is 35.2. The van der Waals surface area contributed by atoms with E-state index in [9.17, 15) is 15.0 Å². The van der Waals surface area contributed by atoms with Gasteiger partial charge in [0.05, 0.1) is 24.9 Å². The minimum atomic E-state index is -0.645. The van der Waals surface area contributed by atoms with Crippen molar-refractivity contribution in [2.45, 2.75) is 57.6 Å². The van der Waals surface area contributed by atoms with Gasteiger partial charge in [0.2, 0.25) is 0 Å². The smallest absolute Gasteiger partial charge is 0.251 e. The molecule has 1 aliphatic rings. The van der Waals surface area contributed by atoms with Crippen LogP contribution >= 0.6 is 0 Å². The van der Waals surface area contributed by atoms with Crippen LogP contribution in [0.4, 0.5) is 0 Å². The highest BCUT2D eigenvalue weighted by Crippen LogP contribution is 2.42. The third kappa shape index (κ3) is 8.38. The maximum absolute atomic E-state index is 12.6. The number of likely N-dealkylation sites (N-methyl/N-ethyl adjacent to an activating group) is 1. The molecule has 50 heavy (non-hydrogen) atoms. The second-order valence-electron chi connectivity index (χ2n) is 13.2. The summed E-state index contributed by atoms with van der Waals surface area (Å²) in [7, 11) is 2.03. The Labute approximate surface area is 295 Å². The summed E-state index contributed by atoms with van der Waals surface area (Å²) in [5, 5.41) is 23.9. The number of nitrogens with zero attached hydrogens (tertiary/aromatic N) is 1. The van der Waals surface area contributed by atoms with Gasteiger partial charge in [-0.05, 0) is 71.6 Å². The summed E-state index contributed by atoms with van der Waals surface area (Å²) in [6.45, 7) is 5.17. The number of ether oxygens (including phenoxy) is 2. The van der Waals surface area contributed by atoms with Gasteiger partial charge in [0.25, 0.3) is 5.91 Å². The van der Waals surface area contributed by atoms with E-state index in [0.717, 1.165) is 38.9 Å². The van der Waals surface area contributed by atoms with Gasteiger partial charge in [-0.25, -0.2) is 0 Å². The molecule has 258 valence electrons. The highest BCUT2D eigenvalue weighted by Gasteiger charge is 2.39. The molecule has 1 fully saturated rings. The lowest BCUT2D eigenvalue weighted by Gasteiger charge is -2.43. The Balaban J connectivity index is 1.22. The number of nitrogens with one attached hydrogen (secondary N) is 1. The van der Waals surface area contributed by atoms with Crippen LogP contribution < -0.4 is 5.32 Å². The van der Waals surface area contributed by atoms with E-state index in [1.54, 1.807) is 12.1 Å². The second kappa shape index (κ2) is 16.4. The van der Waals surface area contributed by atoms with Crippen molar-refractivity contribution < 1.29 is 24.5 Å². The molecule has 5 aromatic carbocycles. The van der Waals surface area contributed by atoms with Crippen molar-refractivity contribution in [3.8, 4) is 11.1 Å². The lowest BCUT2D eigenvalue weighted by Crippen LogP contribution is -2.46. The summed E-state index contributed by atoms with van der Waals surface area (Å²) in [5.41, 5.74) is 7.32. The average molecular weight is 671 g/mol. The van der Waals surface area contributed by atoms with E-state index >= 15 is 0 Å². The molecule has 1 aliphatic heterocycles. The molecule has 0 aromatic heterocycles. The van der Waals surface area contributed by atoms with Gasteiger partial charge in [0.1, 0.15) is 0 Å². The zero-order chi connectivity index (χ0) is 35.0. The topological polar surface area (TPSA) is 91.3 Å². The molecule has 0 unspecified atom stereocenters. The number of carbonyl (C=O) groups excluding carboxylic acids is 1. The third-order valence-electron chi connectivity index (χ3n) is 9.79. The van der Waals surface area contributed by atoms with Crippen molar-refractivity contribution in [3.63, 3.8) is 0 Å². The molecular formula is C43H46N2O5. The van der Waals surface area contributed by atoms with Gasteiger partial charge in [-0.3, -0.25) is 9.69 Å². The molecule has 7 heteroatoms. The van der Waals surface area contributed by atoms with Crippen molar-refractivity contribution in [1.82, 2.24) is 10.2 Å². The Hall–Kier alpha value is -4.63. The number of hydrogen-bond acceptors (Lipinski definition) is 6. The molecule has 0 radical (unpaired) electrons. The number of hydrogen-bond donors (Lipinski definition) is 3. The Morgan fingerprint density at radius 2 is 1.44 bits per heavy atom. The largest absolute Gasteiger partial charge is 0.392 e. The van der Waals surface area contributed by atoms with Gasteiger partial charge in [-0.1, -0.05) is 116 Å². The number of amides is 1. The van der Waals surface area contributed by atoms with Crippen LogP contribution in [0, 0.1) is 5.92 Å². The molecule has 1 heterocycles. The Morgan fingerprint density at radius 1 is 0.780 bits per heavy atom. The summed E-state index contributed by atoms with van der Waals surface area (Å²) in [5.74, 6) is -0.107. The SMILES string of the molecule is C[C@@H]1[C@H](CN(C)[C@@H](C)[C@H](O)c2ccccc2)O[C@H](c2cccc(-c3cccc(CNC(=O)c4ccccc4)c3)c2)O[C@@H]1c1ccc(CO)cc1. The van der Waals surface area contributed by atoms with E-state index in [4.69, 9.17) is 9.47 Å². The number of aliphatic hydroxyl groups excluding tert-OH is 2. The fourth-order valence-corrected chi connectivity index (χ4v) is 6.55. The lowest BCUT2D eigenvalue weighted by molar-refractivity contribution is -0.276. The molecule has 3 N–H and O–H groups in total. The number of carbonyl (C=O) groups is 1. The summed E-state index contributed by atoms with van der Waals surface area (Å²) in [6.07, 6.45) is -1.73. The molecule has 6 atom stereocenters. The summed E-state index contributed by atoms with van der Waals surface area (Å²) in [6, 6.07) is 43.1. The van der Waals surface area contributed by atoms with Crippen LogP contribution in [0.1, 0.15) is 70.5 Å². The predicted molar refractivity (Wildman–Crippen MR) is 196 cm³/mol. The molecule has 1 saturated heterocycles. The molecule has 0 spiro atoms. The van der Waals surface area contributed by atoms with Gasteiger partial charge in [-0.15, -0.1) is 0 Å². The fraction of sp³-hybridized carbons (Fsp3) is 0.279. The summed E-state index contributed by atoms with van der Waals surface area (Å²) in [4.78, 5) is 14.8. The van der Waals surface area contributed by atoms with Crippen molar-refractivity contribution in [3.05, 3.63) is 167 Å². The Morgan fingerprint density at radius 3 is 2.14 bits per heavy atom. The zero-order valence-electron chi connectivity index (χ0n) is 28.9. The molecule has 0 bridgehead atoms. The van der Waals surface area contributed by atoms with Gasteiger partial charge in [-0.2, -0.15) is 0 Å². The van der Waals surface area contributed by atoms with Gasteiger partial charge in [0, 0.05) is 36.2 Å². The summed E-state index contributed by atoms with van der Waals surface area (Å²) >= 11 is 0. The monoisotopic (exact) mass is 670 g/mol. The number of benzene rings is 5. The van der Waals surface area contributed by atoms with Gasteiger partial charge >= 0.3 is 0 Å². The van der Waals surface area contributed by atoms with Crippen LogP contribution in [0.2, 0.25) is 0 Å². The minimum Gasteiger partial charge on any atom is -0.392 e. The number of aliphatic hydroxyl groups is 2. The van der Waals surface area contributed by atoms with Crippen LogP contribution in [-0.4, -0.2) is 46.8 Å². The maximum Gasteiger partial charge on any atom is 0.251 e. The van der Waals surface area contributed by atoms with Crippen LogP contribution in [0.5, 0.6) is 0 Å². The van der Waals surface area contributed by atoms with E-state index < -0.39 is 12.4 Å². The first-order chi connectivity index (χ1) is 24.3. The van der Waals surface area contributed by atoms with Crippen molar-refractivity contribution >= 4 is 5.91 Å². The van der Waals surface area contributed by atoms with E-state index in [1.165, 1.54) is 0 Å². The van der Waals surface area contributed by atoms with Crippen LogP contribution in [-0.2, 0) is 22.6 Å². The van der Waals surface area contributed by atoms with Crippen LogP contribution in [0.15, 0.2) is 133 Å². The minimum absolute atomic E-state index is 0.000653. The lowest BCUT2D eigenvalue weighted by atomic mass is 9.89. The normalized spacial score (nSPS) is 20.3. The van der Waals surface area contributed by atoms with Crippen LogP contribution in [0.25, 0.3) is 11.1 Å². The van der Waals surface area contributed by atoms with Crippen molar-refractivity contribution in [2.75, 3.05) is 13.6 Å². The zero-order valence-corrected chi connectivity index (χ0v) is 28.9. The van der Waals surface area contributed by atoms with Gasteiger partial charge in [0.15, 0.2) is 6.29 Å². The highest BCUT2D eigenvalue weighted by atomic mass is 16.7. The quantitative estimate of drug-likeness (QED) is 0.127. The standard InChI is InChI=1S/C43H46N2O5/c1-29-39(27-45(3)30(2)40(47)33-13-6-4-7-14-33)49-43(50-41(29)34-22-20-31(28-46)21-23-34)38-19-11-18-37(25-38)36-17-10-12-32(24-36)26-44-42(48)35-15-8-5-9-16-35/h4-25,29-30,39-41,43,46-47H,26-28H2,1-3H3,(H,44,48)/t29-,30+,39+,40+,41+,43+/m1/s1. The molecule has 1 amide bonds. The second-order valence-corrected chi connectivity index (χ2v) is 13.2. The molecule has 7 nitrogen and oxygen atoms in total. The Kier molecular flexibility index (Phi) is 11.5. The highest BCUT2D eigenvalue weighted by molar-refractivity contribution is 5.94. The molecule has 5 aromatic rings. The van der Waals surface area contributed by atoms with Crippen molar-refractivity contribution in [1.29, 1.82) is 0 Å². The van der Waals surface area contributed by atoms with E-state index in [2.05, 4.69) is 41.4 Å². The van der Waals surface area contributed by atoms with Crippen LogP contribution in [0.3, 0.4) is 0 Å². The maximum atomic E-state index is 12.6. The Bertz CT molecular complexity index is 1830. The molecule has 6 rings (SSSR count). The van der Waals surface area contributed by atoms with E-state index in [-0.39, 0.29) is 36.7 Å². The summed E-state index contributed by atoms with van der Waals surface area (Å²) < 4.78 is 13.5. The average Bonchev–Trinajstić information content (AvgIpc) is 3.18. The third-order valence-corrected chi connectivity index (χ3v) is 9.79. The van der Waals surface area contributed by atoms with E-state index in [0.29, 0.717) is 18.7 Å². The first-order valence-electron chi connectivity index (χ1n) is 17.3.